The highest BCUT2D eigenvalue weighted by atomic mass is 16.4. The zero-order chi connectivity index (χ0) is 16.4. The molecule has 2 heterocycles. The summed E-state index contributed by atoms with van der Waals surface area (Å²) >= 11 is 0. The second-order valence-electron chi connectivity index (χ2n) is 6.31. The third kappa shape index (κ3) is 3.26. The first kappa shape index (κ1) is 16.0. The van der Waals surface area contributed by atoms with Crippen molar-refractivity contribution < 1.29 is 9.90 Å². The number of benzene rings is 1. The fourth-order valence-electron chi connectivity index (χ4n) is 3.47. The van der Waals surface area contributed by atoms with Crippen molar-refractivity contribution in [3.05, 3.63) is 35.0 Å². The third-order valence-electron chi connectivity index (χ3n) is 4.76. The van der Waals surface area contributed by atoms with Crippen molar-refractivity contribution in [3.63, 3.8) is 0 Å². The van der Waals surface area contributed by atoms with Crippen LogP contribution in [0.3, 0.4) is 0 Å². The third-order valence-corrected chi connectivity index (χ3v) is 4.76. The number of fused-ring (bicyclic) bond motifs is 1. The number of nitrogens with one attached hydrogen (secondary N) is 1. The lowest BCUT2D eigenvalue weighted by Gasteiger charge is -2.26. The first-order valence-corrected chi connectivity index (χ1v) is 8.37. The standard InChI is InChI=1S/C18H25N3O2/c1-3-13-10-15-14(4-7-21-8-5-19-6-9-21)12-20(2)17(15)16(11-13)18(22)23/h10-12,19H,3-9H2,1-2H3,(H,22,23). The van der Waals surface area contributed by atoms with Crippen LogP contribution < -0.4 is 5.32 Å². The summed E-state index contributed by atoms with van der Waals surface area (Å²) in [7, 11) is 1.94. The average molecular weight is 315 g/mol. The van der Waals surface area contributed by atoms with Gasteiger partial charge in [0.1, 0.15) is 0 Å². The van der Waals surface area contributed by atoms with Gasteiger partial charge in [-0.25, -0.2) is 4.79 Å². The van der Waals surface area contributed by atoms with Gasteiger partial charge in [0.05, 0.1) is 11.1 Å². The van der Waals surface area contributed by atoms with Crippen LogP contribution in [0.5, 0.6) is 0 Å². The van der Waals surface area contributed by atoms with Gasteiger partial charge in [-0.15, -0.1) is 0 Å². The van der Waals surface area contributed by atoms with Gasteiger partial charge in [-0.3, -0.25) is 0 Å². The average Bonchev–Trinajstić information content (AvgIpc) is 2.89. The van der Waals surface area contributed by atoms with Crippen LogP contribution in [0.2, 0.25) is 0 Å². The largest absolute Gasteiger partial charge is 0.478 e. The highest BCUT2D eigenvalue weighted by molar-refractivity contribution is 6.03. The monoisotopic (exact) mass is 315 g/mol. The number of piperazine rings is 1. The van der Waals surface area contributed by atoms with Crippen LogP contribution in [0.15, 0.2) is 18.3 Å². The van der Waals surface area contributed by atoms with Gasteiger partial charge in [0.2, 0.25) is 0 Å². The molecule has 1 aliphatic heterocycles. The quantitative estimate of drug-likeness (QED) is 0.885. The number of aromatic nitrogens is 1. The molecule has 0 saturated carbocycles. The van der Waals surface area contributed by atoms with Gasteiger partial charge < -0.3 is 19.9 Å². The molecule has 124 valence electrons. The van der Waals surface area contributed by atoms with Gasteiger partial charge >= 0.3 is 5.97 Å². The van der Waals surface area contributed by atoms with Crippen LogP contribution in [-0.2, 0) is 19.9 Å². The second-order valence-corrected chi connectivity index (χ2v) is 6.31. The van der Waals surface area contributed by atoms with Crippen molar-refractivity contribution in [3.8, 4) is 0 Å². The van der Waals surface area contributed by atoms with Gasteiger partial charge in [0.25, 0.3) is 0 Å². The molecule has 0 unspecified atom stereocenters. The van der Waals surface area contributed by atoms with E-state index in [9.17, 15) is 9.90 Å². The summed E-state index contributed by atoms with van der Waals surface area (Å²) in [6, 6.07) is 3.97. The van der Waals surface area contributed by atoms with E-state index in [1.165, 1.54) is 5.56 Å². The van der Waals surface area contributed by atoms with Crippen molar-refractivity contribution in [1.82, 2.24) is 14.8 Å². The predicted octanol–water partition coefficient (Wildman–Crippen LogP) is 1.89. The molecule has 5 nitrogen and oxygen atoms in total. The normalized spacial score (nSPS) is 16.1. The minimum atomic E-state index is -0.847. The number of hydrogen-bond donors (Lipinski definition) is 2. The van der Waals surface area contributed by atoms with E-state index in [4.69, 9.17) is 0 Å². The lowest BCUT2D eigenvalue weighted by molar-refractivity contribution is 0.0698. The lowest BCUT2D eigenvalue weighted by atomic mass is 10.0. The van der Waals surface area contributed by atoms with Gasteiger partial charge in [-0.2, -0.15) is 0 Å². The second kappa shape index (κ2) is 6.72. The van der Waals surface area contributed by atoms with E-state index >= 15 is 0 Å². The Morgan fingerprint density at radius 2 is 2.04 bits per heavy atom. The molecule has 1 aromatic heterocycles. The summed E-state index contributed by atoms with van der Waals surface area (Å²) in [5.74, 6) is -0.847. The Balaban J connectivity index is 1.94. The first-order valence-electron chi connectivity index (χ1n) is 8.37. The zero-order valence-corrected chi connectivity index (χ0v) is 13.9. The minimum Gasteiger partial charge on any atom is -0.478 e. The molecular formula is C18H25N3O2. The zero-order valence-electron chi connectivity index (χ0n) is 13.9. The maximum atomic E-state index is 11.6. The van der Waals surface area contributed by atoms with Crippen LogP contribution >= 0.6 is 0 Å². The molecule has 1 saturated heterocycles. The molecule has 1 aliphatic rings. The van der Waals surface area contributed by atoms with E-state index in [1.807, 2.05) is 17.7 Å². The summed E-state index contributed by atoms with van der Waals surface area (Å²) in [5, 5.41) is 14.0. The maximum absolute atomic E-state index is 11.6. The molecule has 0 spiro atoms. The Morgan fingerprint density at radius 1 is 1.30 bits per heavy atom. The van der Waals surface area contributed by atoms with Crippen molar-refractivity contribution in [2.24, 2.45) is 7.05 Å². The van der Waals surface area contributed by atoms with E-state index < -0.39 is 5.97 Å². The number of aromatic carboxylic acids is 1. The molecule has 1 fully saturated rings. The summed E-state index contributed by atoms with van der Waals surface area (Å²) in [4.78, 5) is 14.1. The van der Waals surface area contributed by atoms with E-state index in [-0.39, 0.29) is 0 Å². The molecule has 23 heavy (non-hydrogen) atoms. The fourth-order valence-corrected chi connectivity index (χ4v) is 3.47. The van der Waals surface area contributed by atoms with Crippen LogP contribution in [0, 0.1) is 0 Å². The first-order chi connectivity index (χ1) is 11.1. The Morgan fingerprint density at radius 3 is 2.70 bits per heavy atom. The Hall–Kier alpha value is -1.85. The SMILES string of the molecule is CCc1cc(C(=O)O)c2c(c1)c(CCN1CCNCC1)cn2C. The van der Waals surface area contributed by atoms with Crippen molar-refractivity contribution >= 4 is 16.9 Å². The molecule has 0 radical (unpaired) electrons. The molecule has 0 aliphatic carbocycles. The minimum absolute atomic E-state index is 0.412. The molecule has 3 rings (SSSR count). The van der Waals surface area contributed by atoms with Crippen molar-refractivity contribution in [1.29, 1.82) is 0 Å². The number of aryl methyl sites for hydroxylation is 2. The molecule has 0 amide bonds. The Bertz CT molecular complexity index is 715. The van der Waals surface area contributed by atoms with Crippen molar-refractivity contribution in [2.75, 3.05) is 32.7 Å². The molecule has 2 N–H and O–H groups in total. The number of carbonyl (C=O) groups is 1. The number of rotatable bonds is 5. The molecule has 0 bridgehead atoms. The topological polar surface area (TPSA) is 57.5 Å². The Labute approximate surface area is 136 Å². The highest BCUT2D eigenvalue weighted by Gasteiger charge is 2.17. The van der Waals surface area contributed by atoms with Crippen LogP contribution in [-0.4, -0.2) is 53.3 Å². The summed E-state index contributed by atoms with van der Waals surface area (Å²) in [6.07, 6.45) is 3.91. The van der Waals surface area contributed by atoms with Gasteiger partial charge in [0.15, 0.2) is 0 Å². The fraction of sp³-hybridized carbons (Fsp3) is 0.500. The van der Waals surface area contributed by atoms with Gasteiger partial charge in [-0.1, -0.05) is 6.92 Å². The predicted molar refractivity (Wildman–Crippen MR) is 92.3 cm³/mol. The van der Waals surface area contributed by atoms with Crippen LogP contribution in [0.1, 0.15) is 28.4 Å². The maximum Gasteiger partial charge on any atom is 0.337 e. The van der Waals surface area contributed by atoms with E-state index in [2.05, 4.69) is 29.4 Å². The van der Waals surface area contributed by atoms with Gasteiger partial charge in [0, 0.05) is 51.4 Å². The van der Waals surface area contributed by atoms with Gasteiger partial charge in [-0.05, 0) is 36.1 Å². The van der Waals surface area contributed by atoms with E-state index in [0.29, 0.717) is 5.56 Å². The number of nitrogens with zero attached hydrogens (tertiary/aromatic N) is 2. The summed E-state index contributed by atoms with van der Waals surface area (Å²) in [5.41, 5.74) is 3.59. The molecular weight excluding hydrogens is 290 g/mol. The molecule has 1 aromatic carbocycles. The smallest absolute Gasteiger partial charge is 0.337 e. The Kier molecular flexibility index (Phi) is 4.68. The van der Waals surface area contributed by atoms with Crippen LogP contribution in [0.4, 0.5) is 0 Å². The van der Waals surface area contributed by atoms with E-state index in [0.717, 1.165) is 62.0 Å². The highest BCUT2D eigenvalue weighted by Crippen LogP contribution is 2.27. The molecule has 2 aromatic rings. The van der Waals surface area contributed by atoms with Crippen LogP contribution in [0.25, 0.3) is 10.9 Å². The van der Waals surface area contributed by atoms with E-state index in [1.54, 1.807) is 0 Å². The summed E-state index contributed by atoms with van der Waals surface area (Å²) < 4.78 is 1.96. The number of carboxylic acid groups (broad SMARTS) is 1. The van der Waals surface area contributed by atoms with Crippen molar-refractivity contribution in [2.45, 2.75) is 19.8 Å². The molecule has 0 atom stereocenters. The number of carboxylic acids is 1. The molecule has 5 heteroatoms. The summed E-state index contributed by atoms with van der Waals surface area (Å²) in [6.45, 7) is 7.38. The lowest BCUT2D eigenvalue weighted by Crippen LogP contribution is -2.44. The number of hydrogen-bond acceptors (Lipinski definition) is 3.